The summed E-state index contributed by atoms with van der Waals surface area (Å²) in [5, 5.41) is 4.82. The molecular weight excluding hydrogens is 313 g/mol. The number of rotatable bonds is 4. The maximum atomic E-state index is 6.07. The molecule has 0 saturated carbocycles. The Morgan fingerprint density at radius 1 is 1.10 bits per heavy atom. The van der Waals surface area contributed by atoms with Gasteiger partial charge in [-0.2, -0.15) is 4.98 Å². The molecule has 3 rings (SSSR count). The van der Waals surface area contributed by atoms with Gasteiger partial charge in [0.15, 0.2) is 0 Å². The van der Waals surface area contributed by atoms with Gasteiger partial charge in [0, 0.05) is 17.3 Å². The molecule has 0 saturated heterocycles. The molecule has 0 atom stereocenters. The fourth-order valence-electron chi connectivity index (χ4n) is 1.66. The molecule has 0 fully saturated rings. The van der Waals surface area contributed by atoms with Crippen LogP contribution in [0.3, 0.4) is 0 Å². The average molecular weight is 322 g/mol. The van der Waals surface area contributed by atoms with E-state index >= 15 is 0 Å². The van der Waals surface area contributed by atoms with Gasteiger partial charge in [0.1, 0.15) is 11.8 Å². The fraction of sp³-hybridized carbons (Fsp3) is 0.0714. The van der Waals surface area contributed by atoms with Gasteiger partial charge in [-0.3, -0.25) is 4.52 Å². The first-order valence-corrected chi connectivity index (χ1v) is 6.80. The van der Waals surface area contributed by atoms with E-state index in [1.54, 1.807) is 30.5 Å². The first-order valence-electron chi connectivity index (χ1n) is 6.04. The first kappa shape index (κ1) is 13.9. The Morgan fingerprint density at radius 2 is 1.95 bits per heavy atom. The van der Waals surface area contributed by atoms with Gasteiger partial charge in [-0.25, -0.2) is 4.98 Å². The zero-order valence-electron chi connectivity index (χ0n) is 10.7. The molecular formula is C14H9Cl2N3O2. The molecule has 106 valence electrons. The van der Waals surface area contributed by atoms with Crippen LogP contribution in [0.1, 0.15) is 5.56 Å². The summed E-state index contributed by atoms with van der Waals surface area (Å²) in [7, 11) is 0. The molecule has 0 unspecified atom stereocenters. The summed E-state index contributed by atoms with van der Waals surface area (Å²) in [6.07, 6.45) is 1.69. The molecule has 7 heteroatoms. The van der Waals surface area contributed by atoms with Gasteiger partial charge in [0.05, 0.1) is 5.02 Å². The van der Waals surface area contributed by atoms with Crippen LogP contribution >= 0.6 is 23.2 Å². The van der Waals surface area contributed by atoms with Crippen molar-refractivity contribution in [3.63, 3.8) is 0 Å². The predicted octanol–water partition coefficient (Wildman–Crippen LogP) is 4.02. The van der Waals surface area contributed by atoms with E-state index in [0.717, 1.165) is 5.56 Å². The van der Waals surface area contributed by atoms with Crippen molar-refractivity contribution in [3.05, 3.63) is 58.3 Å². The minimum Gasteiger partial charge on any atom is -0.444 e. The first-order chi connectivity index (χ1) is 10.2. The minimum absolute atomic E-state index is 0.0693. The van der Waals surface area contributed by atoms with Crippen LogP contribution in [0.2, 0.25) is 10.2 Å². The van der Waals surface area contributed by atoms with E-state index in [-0.39, 0.29) is 12.7 Å². The summed E-state index contributed by atoms with van der Waals surface area (Å²) < 4.78 is 10.4. The quantitative estimate of drug-likeness (QED) is 0.679. The Hall–Kier alpha value is -2.11. The molecule has 0 radical (unpaired) electrons. The van der Waals surface area contributed by atoms with Gasteiger partial charge in [-0.1, -0.05) is 46.6 Å². The van der Waals surface area contributed by atoms with Crippen LogP contribution in [0.25, 0.3) is 11.4 Å². The Morgan fingerprint density at radius 3 is 2.71 bits per heavy atom. The molecule has 0 spiro atoms. The summed E-state index contributed by atoms with van der Waals surface area (Å²) in [4.78, 5) is 8.10. The maximum absolute atomic E-state index is 6.07. The van der Waals surface area contributed by atoms with Gasteiger partial charge in [-0.15, -0.1) is 0 Å². The monoisotopic (exact) mass is 321 g/mol. The zero-order chi connectivity index (χ0) is 14.7. The highest BCUT2D eigenvalue weighted by Gasteiger charge is 2.12. The Balaban J connectivity index is 1.71. The van der Waals surface area contributed by atoms with E-state index in [0.29, 0.717) is 21.6 Å². The van der Waals surface area contributed by atoms with Crippen LogP contribution in [0.15, 0.2) is 47.1 Å². The van der Waals surface area contributed by atoms with E-state index in [9.17, 15) is 0 Å². The molecule has 0 N–H and O–H groups in total. The van der Waals surface area contributed by atoms with Gasteiger partial charge in [0.25, 0.3) is 0 Å². The summed E-state index contributed by atoms with van der Waals surface area (Å²) in [6.45, 7) is 0.258. The lowest BCUT2D eigenvalue weighted by Gasteiger charge is -2.00. The predicted molar refractivity (Wildman–Crippen MR) is 78.3 cm³/mol. The molecule has 0 aliphatic heterocycles. The van der Waals surface area contributed by atoms with E-state index < -0.39 is 0 Å². The Bertz CT molecular complexity index is 744. The van der Waals surface area contributed by atoms with Gasteiger partial charge >= 0.3 is 6.08 Å². The standard InChI is InChI=1S/C14H9Cl2N3O2/c15-11-4-2-1-3-10(11)13-18-14(21-19-13)20-8-9-5-6-12(16)17-7-9/h1-7H,8H2. The molecule has 0 aliphatic rings. The van der Waals surface area contributed by atoms with Crippen LogP contribution < -0.4 is 4.74 Å². The Labute approximate surface area is 130 Å². The smallest absolute Gasteiger partial charge is 0.417 e. The number of pyridine rings is 1. The van der Waals surface area contributed by atoms with Crippen molar-refractivity contribution >= 4 is 23.2 Å². The lowest BCUT2D eigenvalue weighted by atomic mass is 10.2. The van der Waals surface area contributed by atoms with Crippen LogP contribution in [0, 0.1) is 0 Å². The fourth-order valence-corrected chi connectivity index (χ4v) is 1.99. The van der Waals surface area contributed by atoms with Crippen molar-refractivity contribution in [2.45, 2.75) is 6.61 Å². The molecule has 1 aromatic carbocycles. The molecule has 3 aromatic rings. The second-order valence-electron chi connectivity index (χ2n) is 4.14. The van der Waals surface area contributed by atoms with E-state index in [4.69, 9.17) is 32.5 Å². The zero-order valence-corrected chi connectivity index (χ0v) is 12.2. The lowest BCUT2D eigenvalue weighted by molar-refractivity contribution is 0.195. The molecule has 2 aromatic heterocycles. The topological polar surface area (TPSA) is 61.0 Å². The third kappa shape index (κ3) is 3.32. The molecule has 5 nitrogen and oxygen atoms in total. The number of nitrogens with zero attached hydrogens (tertiary/aromatic N) is 3. The number of aromatic nitrogens is 3. The van der Waals surface area contributed by atoms with E-state index in [2.05, 4.69) is 15.1 Å². The van der Waals surface area contributed by atoms with Crippen molar-refractivity contribution in [1.29, 1.82) is 0 Å². The number of halogens is 2. The second-order valence-corrected chi connectivity index (χ2v) is 4.94. The van der Waals surface area contributed by atoms with Crippen molar-refractivity contribution in [3.8, 4) is 17.5 Å². The largest absolute Gasteiger partial charge is 0.444 e. The van der Waals surface area contributed by atoms with Crippen molar-refractivity contribution < 1.29 is 9.26 Å². The second kappa shape index (κ2) is 6.11. The van der Waals surface area contributed by atoms with Crippen LogP contribution in [-0.2, 0) is 6.61 Å². The molecule has 2 heterocycles. The van der Waals surface area contributed by atoms with Crippen LogP contribution in [-0.4, -0.2) is 15.1 Å². The summed E-state index contributed by atoms with van der Waals surface area (Å²) in [5.74, 6) is 0.379. The minimum atomic E-state index is 0.0693. The summed E-state index contributed by atoms with van der Waals surface area (Å²) in [5.41, 5.74) is 1.53. The SMILES string of the molecule is Clc1ccc(COc2nc(-c3ccccc3Cl)no2)cn1. The molecule has 21 heavy (non-hydrogen) atoms. The van der Waals surface area contributed by atoms with Gasteiger partial charge in [0.2, 0.25) is 5.82 Å². The highest BCUT2D eigenvalue weighted by atomic mass is 35.5. The number of hydrogen-bond donors (Lipinski definition) is 0. The average Bonchev–Trinajstić information content (AvgIpc) is 2.96. The lowest BCUT2D eigenvalue weighted by Crippen LogP contribution is -1.96. The highest BCUT2D eigenvalue weighted by Crippen LogP contribution is 2.26. The maximum Gasteiger partial charge on any atom is 0.417 e. The molecule has 0 amide bonds. The number of hydrogen-bond acceptors (Lipinski definition) is 5. The third-order valence-electron chi connectivity index (χ3n) is 2.67. The third-order valence-corrected chi connectivity index (χ3v) is 3.23. The summed E-state index contributed by atoms with van der Waals surface area (Å²) >= 11 is 11.8. The van der Waals surface area contributed by atoms with Gasteiger partial charge < -0.3 is 4.74 Å². The van der Waals surface area contributed by atoms with Crippen molar-refractivity contribution in [1.82, 2.24) is 15.1 Å². The van der Waals surface area contributed by atoms with Crippen molar-refractivity contribution in [2.24, 2.45) is 0 Å². The Kier molecular flexibility index (Phi) is 4.03. The number of ether oxygens (including phenoxy) is 1. The van der Waals surface area contributed by atoms with Gasteiger partial charge in [-0.05, 0) is 18.2 Å². The summed E-state index contributed by atoms with van der Waals surface area (Å²) in [6, 6.07) is 10.7. The molecule has 0 bridgehead atoms. The van der Waals surface area contributed by atoms with Crippen molar-refractivity contribution in [2.75, 3.05) is 0 Å². The van der Waals surface area contributed by atoms with Crippen LogP contribution in [0.5, 0.6) is 6.08 Å². The molecule has 0 aliphatic carbocycles. The number of benzene rings is 1. The van der Waals surface area contributed by atoms with E-state index in [1.165, 1.54) is 0 Å². The normalized spacial score (nSPS) is 10.6. The van der Waals surface area contributed by atoms with Crippen LogP contribution in [0.4, 0.5) is 0 Å². The highest BCUT2D eigenvalue weighted by molar-refractivity contribution is 6.33. The van der Waals surface area contributed by atoms with E-state index in [1.807, 2.05) is 12.1 Å².